The molecule has 0 atom stereocenters. The Morgan fingerprint density at radius 1 is 0.903 bits per heavy atom. The summed E-state index contributed by atoms with van der Waals surface area (Å²) in [6.45, 7) is 2.49. The zero-order chi connectivity index (χ0) is 24.0. The average molecular weight is 478 g/mol. The normalized spacial score (nSPS) is 12.1. The smallest absolute Gasteiger partial charge is 0.416 e. The largest absolute Gasteiger partial charge is 0.462 e. The third-order valence-corrected chi connectivity index (χ3v) is 4.51. The minimum Gasteiger partial charge on any atom is -0.462 e. The second-order valence-electron chi connectivity index (χ2n) is 5.49. The van der Waals surface area contributed by atoms with Crippen molar-refractivity contribution in [3.05, 3.63) is 41.1 Å². The molecule has 0 fully saturated rings. The standard InChI is InChI=1S/C16H16F6N2O6S/c1-3-29-13(25)12(14(26)30-4-2)8-23-24-31(27,28)11-6-9(15(17,18)19)5-10(7-11)16(20,21)22/h5-8,23-24H,3-4H2,1-2H3. The zero-order valence-electron chi connectivity index (χ0n) is 15.8. The Morgan fingerprint density at radius 2 is 1.32 bits per heavy atom. The maximum absolute atomic E-state index is 12.9. The number of sulfonamides is 1. The van der Waals surface area contributed by atoms with E-state index in [9.17, 15) is 44.3 Å². The van der Waals surface area contributed by atoms with Crippen molar-refractivity contribution in [1.82, 2.24) is 10.3 Å². The van der Waals surface area contributed by atoms with Crippen molar-refractivity contribution < 1.29 is 53.8 Å². The molecule has 31 heavy (non-hydrogen) atoms. The molecule has 0 bridgehead atoms. The molecule has 1 aromatic carbocycles. The highest BCUT2D eigenvalue weighted by Crippen LogP contribution is 2.37. The number of ether oxygens (including phenoxy) is 2. The van der Waals surface area contributed by atoms with Crippen molar-refractivity contribution in [1.29, 1.82) is 0 Å². The van der Waals surface area contributed by atoms with Gasteiger partial charge in [0, 0.05) is 6.20 Å². The van der Waals surface area contributed by atoms with E-state index in [0.29, 0.717) is 6.20 Å². The second kappa shape index (κ2) is 10.00. The first-order valence-corrected chi connectivity index (χ1v) is 9.73. The van der Waals surface area contributed by atoms with Crippen molar-refractivity contribution in [2.75, 3.05) is 13.2 Å². The number of benzene rings is 1. The molecule has 0 amide bonds. The molecule has 174 valence electrons. The highest BCUT2D eigenvalue weighted by atomic mass is 32.2. The van der Waals surface area contributed by atoms with E-state index in [1.54, 1.807) is 5.43 Å². The van der Waals surface area contributed by atoms with Gasteiger partial charge in [0.1, 0.15) is 0 Å². The lowest BCUT2D eigenvalue weighted by Crippen LogP contribution is -2.35. The third-order valence-electron chi connectivity index (χ3n) is 3.27. The summed E-state index contributed by atoms with van der Waals surface area (Å²) in [5.41, 5.74) is -2.76. The number of hydrogen-bond acceptors (Lipinski definition) is 7. The molecule has 0 radical (unpaired) electrons. The monoisotopic (exact) mass is 478 g/mol. The Bertz CT molecular complexity index is 904. The van der Waals surface area contributed by atoms with Gasteiger partial charge in [-0.1, -0.05) is 0 Å². The summed E-state index contributed by atoms with van der Waals surface area (Å²) in [6, 6.07) is -0.271. The number of hydrogen-bond donors (Lipinski definition) is 2. The van der Waals surface area contributed by atoms with E-state index >= 15 is 0 Å². The Balaban J connectivity index is 3.28. The first kappa shape index (κ1) is 26.2. The van der Waals surface area contributed by atoms with Gasteiger partial charge < -0.3 is 14.9 Å². The quantitative estimate of drug-likeness (QED) is 0.148. The van der Waals surface area contributed by atoms with Crippen LogP contribution in [0.2, 0.25) is 0 Å². The lowest BCUT2D eigenvalue weighted by atomic mass is 10.1. The van der Waals surface area contributed by atoms with Crippen LogP contribution in [0.3, 0.4) is 0 Å². The lowest BCUT2D eigenvalue weighted by Gasteiger charge is -2.15. The molecule has 0 heterocycles. The minimum atomic E-state index is -5.26. The molecule has 0 aromatic heterocycles. The molecule has 2 N–H and O–H groups in total. The minimum absolute atomic E-state index is 0.0133. The van der Waals surface area contributed by atoms with E-state index in [4.69, 9.17) is 0 Å². The summed E-state index contributed by atoms with van der Waals surface area (Å²) in [6.07, 6.45) is -10.1. The number of nitrogens with one attached hydrogen (secondary N) is 2. The van der Waals surface area contributed by atoms with E-state index in [2.05, 4.69) is 9.47 Å². The summed E-state index contributed by atoms with van der Waals surface area (Å²) in [5, 5.41) is 0. The first-order chi connectivity index (χ1) is 14.1. The van der Waals surface area contributed by atoms with Gasteiger partial charge in [0.15, 0.2) is 5.57 Å². The van der Waals surface area contributed by atoms with Gasteiger partial charge in [-0.3, -0.25) is 0 Å². The van der Waals surface area contributed by atoms with E-state index in [1.807, 2.05) is 0 Å². The summed E-state index contributed by atoms with van der Waals surface area (Å²) < 4.78 is 111. The van der Waals surface area contributed by atoms with Crippen LogP contribution < -0.4 is 10.3 Å². The van der Waals surface area contributed by atoms with Crippen LogP contribution >= 0.6 is 0 Å². The van der Waals surface area contributed by atoms with Gasteiger partial charge in [-0.2, -0.15) is 26.3 Å². The molecule has 1 aromatic rings. The van der Waals surface area contributed by atoms with Gasteiger partial charge in [-0.25, -0.2) is 18.0 Å². The van der Waals surface area contributed by atoms with Crippen molar-refractivity contribution >= 4 is 22.0 Å². The van der Waals surface area contributed by atoms with Crippen LogP contribution in [0.25, 0.3) is 0 Å². The summed E-state index contributed by atoms with van der Waals surface area (Å²) >= 11 is 0. The molecule has 0 aliphatic carbocycles. The molecule has 15 heteroatoms. The predicted octanol–water partition coefficient (Wildman–Crippen LogP) is 2.52. The van der Waals surface area contributed by atoms with Crippen molar-refractivity contribution in [2.45, 2.75) is 31.1 Å². The summed E-state index contributed by atoms with van der Waals surface area (Å²) in [7, 11) is -5.01. The average Bonchev–Trinajstić information content (AvgIpc) is 2.63. The Kier molecular flexibility index (Phi) is 8.46. The molecule has 8 nitrogen and oxygen atoms in total. The van der Waals surface area contributed by atoms with Crippen LogP contribution in [0, 0.1) is 0 Å². The molecular formula is C16H16F6N2O6S. The number of halogens is 6. The molecule has 0 saturated carbocycles. The van der Waals surface area contributed by atoms with Crippen LogP contribution in [0.1, 0.15) is 25.0 Å². The number of alkyl halides is 6. The molecule has 1 rings (SSSR count). The Morgan fingerprint density at radius 3 is 1.68 bits per heavy atom. The molecule has 0 saturated heterocycles. The van der Waals surface area contributed by atoms with E-state index in [0.717, 1.165) is 0 Å². The highest BCUT2D eigenvalue weighted by Gasteiger charge is 2.38. The maximum atomic E-state index is 12.9. The SMILES string of the molecule is CCOC(=O)C(=CNNS(=O)(=O)c1cc(C(F)(F)F)cc(C(F)(F)F)c1)C(=O)OCC. The second-order valence-corrected chi connectivity index (χ2v) is 7.17. The van der Waals surface area contributed by atoms with Crippen LogP contribution in [0.5, 0.6) is 0 Å². The van der Waals surface area contributed by atoms with Crippen molar-refractivity contribution in [2.24, 2.45) is 0 Å². The van der Waals surface area contributed by atoms with Gasteiger partial charge in [0.05, 0.1) is 29.2 Å². The highest BCUT2D eigenvalue weighted by molar-refractivity contribution is 7.89. The van der Waals surface area contributed by atoms with Crippen molar-refractivity contribution in [3.63, 3.8) is 0 Å². The van der Waals surface area contributed by atoms with Gasteiger partial charge >= 0.3 is 24.3 Å². The molecular weight excluding hydrogens is 462 g/mol. The van der Waals surface area contributed by atoms with Gasteiger partial charge in [-0.05, 0) is 32.0 Å². The van der Waals surface area contributed by atoms with E-state index < -0.39 is 55.9 Å². The summed E-state index contributed by atoms with van der Waals surface area (Å²) in [4.78, 5) is 23.6. The molecule has 0 aliphatic heterocycles. The summed E-state index contributed by atoms with van der Waals surface area (Å²) in [5.74, 6) is -2.43. The van der Waals surface area contributed by atoms with E-state index in [-0.39, 0.29) is 31.4 Å². The Labute approximate surface area is 172 Å². The molecule has 0 aliphatic rings. The zero-order valence-corrected chi connectivity index (χ0v) is 16.7. The number of esters is 2. The third kappa shape index (κ3) is 7.43. The first-order valence-electron chi connectivity index (χ1n) is 8.24. The maximum Gasteiger partial charge on any atom is 0.416 e. The van der Waals surface area contributed by atoms with Crippen LogP contribution in [0.4, 0.5) is 26.3 Å². The van der Waals surface area contributed by atoms with Crippen LogP contribution in [-0.2, 0) is 41.4 Å². The topological polar surface area (TPSA) is 111 Å². The van der Waals surface area contributed by atoms with Crippen LogP contribution in [-0.4, -0.2) is 33.6 Å². The lowest BCUT2D eigenvalue weighted by molar-refractivity contribution is -0.147. The van der Waals surface area contributed by atoms with Gasteiger partial charge in [0.25, 0.3) is 10.0 Å². The fraction of sp³-hybridized carbons (Fsp3) is 0.375. The fourth-order valence-electron chi connectivity index (χ4n) is 1.94. The van der Waals surface area contributed by atoms with Gasteiger partial charge in [0.2, 0.25) is 0 Å². The fourth-order valence-corrected chi connectivity index (χ4v) is 2.83. The number of hydrazine groups is 1. The Hall–Kier alpha value is -2.81. The molecule has 0 spiro atoms. The molecule has 0 unspecified atom stereocenters. The van der Waals surface area contributed by atoms with Crippen molar-refractivity contribution in [3.8, 4) is 0 Å². The van der Waals surface area contributed by atoms with Gasteiger partial charge in [-0.15, -0.1) is 4.83 Å². The van der Waals surface area contributed by atoms with E-state index in [1.165, 1.54) is 18.7 Å². The number of carbonyl (C=O) groups excluding carboxylic acids is 2. The predicted molar refractivity (Wildman–Crippen MR) is 91.3 cm³/mol. The van der Waals surface area contributed by atoms with Crippen LogP contribution in [0.15, 0.2) is 34.9 Å². The number of rotatable bonds is 8. The number of carbonyl (C=O) groups is 2.